The molecule has 1 aromatic heterocycles. The van der Waals surface area contributed by atoms with Crippen LogP contribution in [-0.2, 0) is 11.2 Å². The van der Waals surface area contributed by atoms with Crippen LogP contribution in [0, 0.1) is 0 Å². The van der Waals surface area contributed by atoms with E-state index < -0.39 is 0 Å². The SMILES string of the molecule is CSCC(=O)Cc1cccs1. The Labute approximate surface area is 74.8 Å². The van der Waals surface area contributed by atoms with Crippen LogP contribution in [0.2, 0.25) is 0 Å². The first kappa shape index (κ1) is 8.81. The van der Waals surface area contributed by atoms with E-state index in [0.717, 1.165) is 0 Å². The molecule has 0 saturated heterocycles. The smallest absolute Gasteiger partial charge is 0.147 e. The average Bonchev–Trinajstić information content (AvgIpc) is 2.40. The lowest BCUT2D eigenvalue weighted by Crippen LogP contribution is -2.03. The van der Waals surface area contributed by atoms with Crippen molar-refractivity contribution in [3.8, 4) is 0 Å². The number of thioether (sulfide) groups is 1. The van der Waals surface area contributed by atoms with Gasteiger partial charge in [-0.2, -0.15) is 11.8 Å². The molecule has 3 heteroatoms. The van der Waals surface area contributed by atoms with Crippen LogP contribution in [0.15, 0.2) is 17.5 Å². The number of rotatable bonds is 4. The lowest BCUT2D eigenvalue weighted by Gasteiger charge is -1.93. The highest BCUT2D eigenvalue weighted by Crippen LogP contribution is 2.10. The number of thiophene rings is 1. The quantitative estimate of drug-likeness (QED) is 0.717. The molecule has 0 amide bonds. The molecule has 0 spiro atoms. The summed E-state index contributed by atoms with van der Waals surface area (Å²) < 4.78 is 0. The Bertz CT molecular complexity index is 216. The summed E-state index contributed by atoms with van der Waals surface area (Å²) >= 11 is 3.23. The van der Waals surface area contributed by atoms with E-state index in [0.29, 0.717) is 18.0 Å². The van der Waals surface area contributed by atoms with Gasteiger partial charge in [-0.3, -0.25) is 4.79 Å². The summed E-state index contributed by atoms with van der Waals surface area (Å²) in [6.07, 6.45) is 2.56. The predicted octanol–water partition coefficient (Wildman–Crippen LogP) is 2.22. The molecule has 0 aromatic carbocycles. The standard InChI is InChI=1S/C8H10OS2/c1-10-6-7(9)5-8-3-2-4-11-8/h2-4H,5-6H2,1H3. The Morgan fingerprint density at radius 1 is 1.73 bits per heavy atom. The molecule has 0 N–H and O–H groups in total. The highest BCUT2D eigenvalue weighted by molar-refractivity contribution is 7.99. The number of hydrogen-bond donors (Lipinski definition) is 0. The molecule has 60 valence electrons. The average molecular weight is 186 g/mol. The van der Waals surface area contributed by atoms with Gasteiger partial charge in [0.1, 0.15) is 5.78 Å². The first-order valence-corrected chi connectivity index (χ1v) is 5.63. The molecule has 0 aliphatic heterocycles. The Balaban J connectivity index is 2.37. The molecule has 1 nitrogen and oxygen atoms in total. The van der Waals surface area contributed by atoms with Crippen LogP contribution in [0.4, 0.5) is 0 Å². The third kappa shape index (κ3) is 3.08. The normalized spacial score (nSPS) is 9.91. The Hall–Kier alpha value is -0.280. The van der Waals surface area contributed by atoms with Crippen molar-refractivity contribution in [1.29, 1.82) is 0 Å². The van der Waals surface area contributed by atoms with Crippen LogP contribution in [-0.4, -0.2) is 17.8 Å². The lowest BCUT2D eigenvalue weighted by atomic mass is 10.3. The number of carbonyl (C=O) groups excluding carboxylic acids is 1. The van der Waals surface area contributed by atoms with Crippen molar-refractivity contribution in [3.05, 3.63) is 22.4 Å². The van der Waals surface area contributed by atoms with E-state index >= 15 is 0 Å². The monoisotopic (exact) mass is 186 g/mol. The summed E-state index contributed by atoms with van der Waals surface area (Å²) in [5.74, 6) is 0.956. The summed E-state index contributed by atoms with van der Waals surface area (Å²) in [5, 5.41) is 2.00. The summed E-state index contributed by atoms with van der Waals surface area (Å²) in [4.78, 5) is 12.3. The van der Waals surface area contributed by atoms with Gasteiger partial charge in [0.2, 0.25) is 0 Å². The highest BCUT2D eigenvalue weighted by Gasteiger charge is 2.02. The Morgan fingerprint density at radius 3 is 3.09 bits per heavy atom. The first-order valence-electron chi connectivity index (χ1n) is 3.36. The van der Waals surface area contributed by atoms with E-state index in [1.807, 2.05) is 23.8 Å². The van der Waals surface area contributed by atoms with Gasteiger partial charge in [0, 0.05) is 11.3 Å². The molecule has 11 heavy (non-hydrogen) atoms. The molecular formula is C8H10OS2. The summed E-state index contributed by atoms with van der Waals surface area (Å²) in [5.41, 5.74) is 0. The molecule has 0 saturated carbocycles. The molecule has 0 atom stereocenters. The van der Waals surface area contributed by atoms with E-state index in [1.54, 1.807) is 23.1 Å². The van der Waals surface area contributed by atoms with Crippen molar-refractivity contribution in [3.63, 3.8) is 0 Å². The minimum absolute atomic E-state index is 0.319. The maximum absolute atomic E-state index is 11.1. The minimum Gasteiger partial charge on any atom is -0.298 e. The zero-order chi connectivity index (χ0) is 8.10. The molecule has 0 radical (unpaired) electrons. The number of hydrogen-bond acceptors (Lipinski definition) is 3. The third-order valence-electron chi connectivity index (χ3n) is 1.26. The van der Waals surface area contributed by atoms with Crippen LogP contribution in [0.1, 0.15) is 4.88 Å². The molecular weight excluding hydrogens is 176 g/mol. The van der Waals surface area contributed by atoms with Crippen molar-refractivity contribution >= 4 is 28.9 Å². The van der Waals surface area contributed by atoms with Crippen LogP contribution < -0.4 is 0 Å². The molecule has 0 fully saturated rings. The second-order valence-electron chi connectivity index (χ2n) is 2.23. The van der Waals surface area contributed by atoms with E-state index in [9.17, 15) is 4.79 Å². The van der Waals surface area contributed by atoms with E-state index in [-0.39, 0.29) is 0 Å². The largest absolute Gasteiger partial charge is 0.298 e. The first-order chi connectivity index (χ1) is 5.33. The minimum atomic E-state index is 0.319. The fourth-order valence-electron chi connectivity index (χ4n) is 0.820. The molecule has 0 unspecified atom stereocenters. The maximum atomic E-state index is 11.1. The van der Waals surface area contributed by atoms with Gasteiger partial charge >= 0.3 is 0 Å². The highest BCUT2D eigenvalue weighted by atomic mass is 32.2. The Kier molecular flexibility index (Phi) is 3.66. The van der Waals surface area contributed by atoms with Gasteiger partial charge in [0.05, 0.1) is 5.75 Å². The lowest BCUT2D eigenvalue weighted by molar-refractivity contribution is -0.115. The zero-order valence-electron chi connectivity index (χ0n) is 6.37. The number of Topliss-reactive ketones (excluding diaryl/α,β-unsaturated/α-hetero) is 1. The van der Waals surface area contributed by atoms with Gasteiger partial charge in [-0.1, -0.05) is 6.07 Å². The zero-order valence-corrected chi connectivity index (χ0v) is 8.00. The molecule has 0 bridgehead atoms. The molecule has 1 rings (SSSR count). The number of carbonyl (C=O) groups is 1. The van der Waals surface area contributed by atoms with Crippen LogP contribution >= 0.6 is 23.1 Å². The molecule has 0 aliphatic rings. The fraction of sp³-hybridized carbons (Fsp3) is 0.375. The van der Waals surface area contributed by atoms with Crippen molar-refractivity contribution < 1.29 is 4.79 Å². The van der Waals surface area contributed by atoms with Gasteiger partial charge in [0.25, 0.3) is 0 Å². The van der Waals surface area contributed by atoms with Crippen molar-refractivity contribution in [2.24, 2.45) is 0 Å². The van der Waals surface area contributed by atoms with Gasteiger partial charge < -0.3 is 0 Å². The second-order valence-corrected chi connectivity index (χ2v) is 4.13. The molecule has 0 aliphatic carbocycles. The van der Waals surface area contributed by atoms with Gasteiger partial charge in [-0.25, -0.2) is 0 Å². The van der Waals surface area contributed by atoms with E-state index in [4.69, 9.17) is 0 Å². The molecule has 1 aromatic rings. The third-order valence-corrected chi connectivity index (χ3v) is 2.74. The van der Waals surface area contributed by atoms with Crippen molar-refractivity contribution in [2.45, 2.75) is 6.42 Å². The summed E-state index contributed by atoms with van der Waals surface area (Å²) in [6, 6.07) is 3.98. The van der Waals surface area contributed by atoms with E-state index in [2.05, 4.69) is 0 Å². The Morgan fingerprint density at radius 2 is 2.55 bits per heavy atom. The molecule has 1 heterocycles. The van der Waals surface area contributed by atoms with E-state index in [1.165, 1.54) is 4.88 Å². The van der Waals surface area contributed by atoms with Crippen molar-refractivity contribution in [2.75, 3.05) is 12.0 Å². The summed E-state index contributed by atoms with van der Waals surface area (Å²) in [7, 11) is 0. The summed E-state index contributed by atoms with van der Waals surface area (Å²) in [6.45, 7) is 0. The number of ketones is 1. The second kappa shape index (κ2) is 4.57. The van der Waals surface area contributed by atoms with Gasteiger partial charge in [-0.15, -0.1) is 11.3 Å². The van der Waals surface area contributed by atoms with Crippen LogP contribution in [0.3, 0.4) is 0 Å². The van der Waals surface area contributed by atoms with Gasteiger partial charge in [0.15, 0.2) is 0 Å². The van der Waals surface area contributed by atoms with Crippen LogP contribution in [0.25, 0.3) is 0 Å². The van der Waals surface area contributed by atoms with Gasteiger partial charge in [-0.05, 0) is 17.7 Å². The maximum Gasteiger partial charge on any atom is 0.147 e. The fourth-order valence-corrected chi connectivity index (χ4v) is 1.98. The topological polar surface area (TPSA) is 17.1 Å². The van der Waals surface area contributed by atoms with Crippen molar-refractivity contribution in [1.82, 2.24) is 0 Å². The van der Waals surface area contributed by atoms with Crippen LogP contribution in [0.5, 0.6) is 0 Å². The predicted molar refractivity (Wildman–Crippen MR) is 51.4 cm³/mol.